The van der Waals surface area contributed by atoms with Crippen molar-refractivity contribution in [1.29, 1.82) is 0 Å². The van der Waals surface area contributed by atoms with Gasteiger partial charge in [0, 0.05) is 13.6 Å². The lowest BCUT2D eigenvalue weighted by atomic mass is 9.81. The number of likely N-dealkylation sites (N-methyl/N-ethyl adjacent to an activating group) is 1. The highest BCUT2D eigenvalue weighted by Gasteiger charge is 2.45. The molecule has 0 aromatic rings. The molecular weight excluding hydrogens is 236 g/mol. The van der Waals surface area contributed by atoms with Crippen LogP contribution in [-0.4, -0.2) is 58.9 Å². The summed E-state index contributed by atoms with van der Waals surface area (Å²) in [5.74, 6) is -1.24. The topological polar surface area (TPSA) is 77.9 Å². The third-order valence-electron chi connectivity index (χ3n) is 4.04. The van der Waals surface area contributed by atoms with Crippen LogP contribution in [0.25, 0.3) is 0 Å². The van der Waals surface area contributed by atoms with Crippen molar-refractivity contribution in [2.24, 2.45) is 5.41 Å². The van der Waals surface area contributed by atoms with E-state index < -0.39 is 17.4 Å². The summed E-state index contributed by atoms with van der Waals surface area (Å²) in [5.41, 5.74) is -0.817. The highest BCUT2D eigenvalue weighted by atomic mass is 16.4. The Morgan fingerprint density at radius 1 is 1.44 bits per heavy atom. The second kappa shape index (κ2) is 4.35. The van der Waals surface area contributed by atoms with Gasteiger partial charge in [-0.3, -0.25) is 24.2 Å². The van der Waals surface area contributed by atoms with Crippen LogP contribution in [0.3, 0.4) is 0 Å². The van der Waals surface area contributed by atoms with E-state index in [1.807, 2.05) is 4.90 Å². The van der Waals surface area contributed by atoms with Crippen molar-refractivity contribution in [3.05, 3.63) is 0 Å². The standard InChI is InChI=1S/C12H18N2O4/c1-12(11(17)18)4-3-5-14(7-12)8-6-9(15)13(2)10(8)16/h8H,3-7H2,1-2H3,(H,17,18). The largest absolute Gasteiger partial charge is 0.481 e. The van der Waals surface area contributed by atoms with Crippen molar-refractivity contribution in [1.82, 2.24) is 9.80 Å². The third-order valence-corrected chi connectivity index (χ3v) is 4.04. The van der Waals surface area contributed by atoms with Gasteiger partial charge in [-0.25, -0.2) is 0 Å². The first kappa shape index (κ1) is 13.0. The molecule has 2 rings (SSSR count). The number of aliphatic carboxylic acids is 1. The van der Waals surface area contributed by atoms with E-state index in [2.05, 4.69) is 0 Å². The van der Waals surface area contributed by atoms with Gasteiger partial charge in [0.25, 0.3) is 0 Å². The van der Waals surface area contributed by atoms with Crippen LogP contribution in [0.2, 0.25) is 0 Å². The van der Waals surface area contributed by atoms with E-state index in [1.165, 1.54) is 7.05 Å². The second-order valence-electron chi connectivity index (χ2n) is 5.45. The smallest absolute Gasteiger partial charge is 0.310 e. The Hall–Kier alpha value is -1.43. The van der Waals surface area contributed by atoms with Crippen LogP contribution < -0.4 is 0 Å². The number of hydrogen-bond acceptors (Lipinski definition) is 4. The molecule has 0 aliphatic carbocycles. The maximum atomic E-state index is 11.9. The van der Waals surface area contributed by atoms with Gasteiger partial charge in [0.1, 0.15) is 0 Å². The molecule has 0 saturated carbocycles. The molecule has 2 unspecified atom stereocenters. The van der Waals surface area contributed by atoms with Gasteiger partial charge in [0.2, 0.25) is 11.8 Å². The summed E-state index contributed by atoms with van der Waals surface area (Å²) in [6.45, 7) is 2.71. The highest BCUT2D eigenvalue weighted by Crippen LogP contribution is 2.32. The molecule has 0 spiro atoms. The summed E-state index contributed by atoms with van der Waals surface area (Å²) >= 11 is 0. The quantitative estimate of drug-likeness (QED) is 0.698. The first-order chi connectivity index (χ1) is 8.35. The lowest BCUT2D eigenvalue weighted by Gasteiger charge is -2.39. The Morgan fingerprint density at radius 2 is 2.11 bits per heavy atom. The average molecular weight is 254 g/mol. The monoisotopic (exact) mass is 254 g/mol. The van der Waals surface area contributed by atoms with E-state index in [0.717, 1.165) is 11.3 Å². The molecule has 2 saturated heterocycles. The molecule has 0 aromatic carbocycles. The lowest BCUT2D eigenvalue weighted by molar-refractivity contribution is -0.153. The van der Waals surface area contributed by atoms with Crippen molar-refractivity contribution in [3.8, 4) is 0 Å². The van der Waals surface area contributed by atoms with Crippen LogP contribution in [0.4, 0.5) is 0 Å². The van der Waals surface area contributed by atoms with E-state index >= 15 is 0 Å². The van der Waals surface area contributed by atoms with Gasteiger partial charge < -0.3 is 5.11 Å². The Kier molecular flexibility index (Phi) is 3.14. The van der Waals surface area contributed by atoms with Crippen molar-refractivity contribution >= 4 is 17.8 Å². The average Bonchev–Trinajstić information content (AvgIpc) is 2.57. The Labute approximate surface area is 106 Å². The number of carbonyl (C=O) groups is 3. The Bertz CT molecular complexity index is 409. The van der Waals surface area contributed by atoms with Gasteiger partial charge in [0.05, 0.1) is 17.9 Å². The predicted molar refractivity (Wildman–Crippen MR) is 62.7 cm³/mol. The third kappa shape index (κ3) is 2.01. The minimum atomic E-state index is -0.836. The van der Waals surface area contributed by atoms with Crippen LogP contribution in [-0.2, 0) is 14.4 Å². The highest BCUT2D eigenvalue weighted by molar-refractivity contribution is 6.05. The fraction of sp³-hybridized carbons (Fsp3) is 0.750. The molecule has 2 atom stereocenters. The number of amides is 2. The van der Waals surface area contributed by atoms with Gasteiger partial charge >= 0.3 is 5.97 Å². The van der Waals surface area contributed by atoms with Crippen molar-refractivity contribution in [2.45, 2.75) is 32.2 Å². The van der Waals surface area contributed by atoms with Crippen molar-refractivity contribution in [3.63, 3.8) is 0 Å². The molecular formula is C12H18N2O4. The van der Waals surface area contributed by atoms with E-state index in [-0.39, 0.29) is 18.2 Å². The lowest BCUT2D eigenvalue weighted by Crippen LogP contribution is -2.52. The summed E-state index contributed by atoms with van der Waals surface area (Å²) in [4.78, 5) is 37.6. The minimum Gasteiger partial charge on any atom is -0.481 e. The molecule has 2 aliphatic heterocycles. The first-order valence-corrected chi connectivity index (χ1v) is 6.13. The summed E-state index contributed by atoms with van der Waals surface area (Å²) in [5, 5.41) is 9.24. The van der Waals surface area contributed by atoms with E-state index in [4.69, 9.17) is 0 Å². The number of likely N-dealkylation sites (tertiary alicyclic amines) is 2. The molecule has 18 heavy (non-hydrogen) atoms. The molecule has 2 fully saturated rings. The molecule has 2 amide bonds. The number of carbonyl (C=O) groups excluding carboxylic acids is 2. The van der Waals surface area contributed by atoms with E-state index in [0.29, 0.717) is 19.5 Å². The number of rotatable bonds is 2. The summed E-state index contributed by atoms with van der Waals surface area (Å²) in [6.07, 6.45) is 1.53. The van der Waals surface area contributed by atoms with Crippen molar-refractivity contribution < 1.29 is 19.5 Å². The minimum absolute atomic E-state index is 0.172. The zero-order chi connectivity index (χ0) is 13.5. The first-order valence-electron chi connectivity index (χ1n) is 6.13. The number of carboxylic acids is 1. The molecule has 6 heteroatoms. The summed E-state index contributed by atoms with van der Waals surface area (Å²) < 4.78 is 0. The van der Waals surface area contributed by atoms with Gasteiger partial charge in [-0.2, -0.15) is 0 Å². The van der Waals surface area contributed by atoms with Gasteiger partial charge in [-0.15, -0.1) is 0 Å². The van der Waals surface area contributed by atoms with Crippen molar-refractivity contribution in [2.75, 3.05) is 20.1 Å². The zero-order valence-corrected chi connectivity index (χ0v) is 10.7. The number of carboxylic acid groups (broad SMARTS) is 1. The van der Waals surface area contributed by atoms with Gasteiger partial charge in [0.15, 0.2) is 0 Å². The molecule has 100 valence electrons. The SMILES string of the molecule is CN1C(=O)CC(N2CCCC(C)(C(=O)O)C2)C1=O. The number of hydrogen-bond donors (Lipinski definition) is 1. The second-order valence-corrected chi connectivity index (χ2v) is 5.45. The van der Waals surface area contributed by atoms with Gasteiger partial charge in [-0.05, 0) is 26.3 Å². The zero-order valence-electron chi connectivity index (χ0n) is 10.7. The van der Waals surface area contributed by atoms with E-state index in [1.54, 1.807) is 6.92 Å². The van der Waals surface area contributed by atoms with Crippen LogP contribution in [0.1, 0.15) is 26.2 Å². The van der Waals surface area contributed by atoms with E-state index in [9.17, 15) is 19.5 Å². The molecule has 0 bridgehead atoms. The summed E-state index contributed by atoms with van der Waals surface area (Å²) in [6, 6.07) is -0.471. The van der Waals surface area contributed by atoms with Gasteiger partial charge in [-0.1, -0.05) is 0 Å². The maximum absolute atomic E-state index is 11.9. The number of nitrogens with zero attached hydrogens (tertiary/aromatic N) is 2. The molecule has 0 radical (unpaired) electrons. The molecule has 0 aromatic heterocycles. The van der Waals surface area contributed by atoms with Crippen LogP contribution in [0.15, 0.2) is 0 Å². The van der Waals surface area contributed by atoms with Crippen LogP contribution >= 0.6 is 0 Å². The normalized spacial score (nSPS) is 34.1. The Balaban J connectivity index is 2.13. The molecule has 1 N–H and O–H groups in total. The fourth-order valence-corrected chi connectivity index (χ4v) is 2.74. The molecule has 6 nitrogen and oxygen atoms in total. The molecule has 2 aliphatic rings. The van der Waals surface area contributed by atoms with Crippen LogP contribution in [0.5, 0.6) is 0 Å². The van der Waals surface area contributed by atoms with Crippen LogP contribution in [0, 0.1) is 5.41 Å². The maximum Gasteiger partial charge on any atom is 0.310 e. The number of imide groups is 1. The molecule has 2 heterocycles. The fourth-order valence-electron chi connectivity index (χ4n) is 2.74. The predicted octanol–water partition coefficient (Wildman–Crippen LogP) is -0.0696. The summed E-state index contributed by atoms with van der Waals surface area (Å²) in [7, 11) is 1.48. The number of piperidine rings is 1. The Morgan fingerprint density at radius 3 is 2.61 bits per heavy atom.